The number of aliphatic imine (C=N–C) groups is 1. The number of anilines is 1. The van der Waals surface area contributed by atoms with E-state index in [0.29, 0.717) is 49.4 Å². The lowest BCUT2D eigenvalue weighted by Crippen LogP contribution is -2.33. The highest BCUT2D eigenvalue weighted by Crippen LogP contribution is 2.32. The smallest absolute Gasteiger partial charge is 0.416 e. The second-order valence-corrected chi connectivity index (χ2v) is 6.62. The molecule has 2 N–H and O–H groups in total. The summed E-state index contributed by atoms with van der Waals surface area (Å²) in [4.78, 5) is 4.47. The molecule has 0 unspecified atom stereocenters. The fraction of sp³-hybridized carbons (Fsp3) is 0.381. The van der Waals surface area contributed by atoms with E-state index in [2.05, 4.69) is 15.6 Å². The van der Waals surface area contributed by atoms with Crippen LogP contribution in [0.3, 0.4) is 0 Å². The van der Waals surface area contributed by atoms with E-state index >= 15 is 0 Å². The zero-order chi connectivity index (χ0) is 21.4. The Labute approximate surface area is 173 Å². The van der Waals surface area contributed by atoms with Crippen LogP contribution in [0.5, 0.6) is 11.5 Å². The van der Waals surface area contributed by atoms with Crippen molar-refractivity contribution in [2.24, 2.45) is 4.99 Å². The summed E-state index contributed by atoms with van der Waals surface area (Å²) >= 11 is 0. The van der Waals surface area contributed by atoms with Crippen molar-refractivity contribution in [1.29, 1.82) is 0 Å². The Balaban J connectivity index is 1.71. The van der Waals surface area contributed by atoms with Crippen LogP contribution in [0.2, 0.25) is 0 Å². The summed E-state index contributed by atoms with van der Waals surface area (Å²) in [5.74, 6) is 1.81. The molecule has 0 spiro atoms. The Hall–Kier alpha value is -2.94. The molecule has 0 atom stereocenters. The normalized spacial score (nSPS) is 14.2. The lowest BCUT2D eigenvalue weighted by molar-refractivity contribution is -0.137. The van der Waals surface area contributed by atoms with Gasteiger partial charge < -0.3 is 24.8 Å². The predicted molar refractivity (Wildman–Crippen MR) is 108 cm³/mol. The maximum absolute atomic E-state index is 12.7. The van der Waals surface area contributed by atoms with Crippen LogP contribution in [0, 0.1) is 0 Å². The number of hydrogen-bond donors (Lipinski definition) is 2. The number of nitrogens with zero attached hydrogens (tertiary/aromatic N) is 1. The number of methoxy groups -OCH3 is 1. The van der Waals surface area contributed by atoms with Gasteiger partial charge >= 0.3 is 6.18 Å². The van der Waals surface area contributed by atoms with Crippen LogP contribution in [-0.4, -0.2) is 39.4 Å². The lowest BCUT2D eigenvalue weighted by atomic mass is 10.1. The highest BCUT2D eigenvalue weighted by atomic mass is 19.4. The van der Waals surface area contributed by atoms with Gasteiger partial charge in [0.25, 0.3) is 0 Å². The molecule has 0 saturated carbocycles. The first kappa shape index (κ1) is 21.8. The van der Waals surface area contributed by atoms with E-state index in [1.165, 1.54) is 12.1 Å². The molecule has 6 nitrogen and oxygen atoms in total. The largest absolute Gasteiger partial charge is 0.490 e. The second-order valence-electron chi connectivity index (χ2n) is 6.62. The number of benzene rings is 2. The number of halogens is 3. The highest BCUT2D eigenvalue weighted by molar-refractivity contribution is 5.94. The number of rotatable bonds is 6. The Morgan fingerprint density at radius 1 is 1.07 bits per heavy atom. The third kappa shape index (κ3) is 6.28. The molecule has 0 aliphatic carbocycles. The molecular weight excluding hydrogens is 399 g/mol. The van der Waals surface area contributed by atoms with E-state index in [9.17, 15) is 13.2 Å². The van der Waals surface area contributed by atoms with Crippen LogP contribution in [-0.2, 0) is 17.5 Å². The van der Waals surface area contributed by atoms with Crippen LogP contribution >= 0.6 is 0 Å². The SMILES string of the molecule is COCCNC(=NCc1ccc(C(F)(F)F)cc1)Nc1ccc2c(c1)OCCCO2. The van der Waals surface area contributed by atoms with Crippen molar-refractivity contribution in [1.82, 2.24) is 5.32 Å². The number of ether oxygens (including phenoxy) is 3. The van der Waals surface area contributed by atoms with Gasteiger partial charge in [-0.2, -0.15) is 13.2 Å². The summed E-state index contributed by atoms with van der Waals surface area (Å²) in [5.41, 5.74) is 0.726. The highest BCUT2D eigenvalue weighted by Gasteiger charge is 2.29. The Bertz CT molecular complexity index is 855. The van der Waals surface area contributed by atoms with Crippen molar-refractivity contribution in [3.8, 4) is 11.5 Å². The maximum Gasteiger partial charge on any atom is 0.416 e. The first-order valence-electron chi connectivity index (χ1n) is 9.56. The monoisotopic (exact) mass is 423 g/mol. The maximum atomic E-state index is 12.7. The Morgan fingerprint density at radius 2 is 1.80 bits per heavy atom. The van der Waals surface area contributed by atoms with Gasteiger partial charge in [0.15, 0.2) is 17.5 Å². The molecule has 1 aliphatic rings. The minimum atomic E-state index is -4.35. The van der Waals surface area contributed by atoms with Crippen LogP contribution in [0.15, 0.2) is 47.5 Å². The Kier molecular flexibility index (Phi) is 7.40. The molecule has 2 aromatic rings. The van der Waals surface area contributed by atoms with Gasteiger partial charge in [0.2, 0.25) is 0 Å². The molecular formula is C21H24F3N3O3. The Morgan fingerprint density at radius 3 is 2.50 bits per heavy atom. The first-order chi connectivity index (χ1) is 14.5. The van der Waals surface area contributed by atoms with Crippen molar-refractivity contribution in [3.63, 3.8) is 0 Å². The average Bonchev–Trinajstić information content (AvgIpc) is 2.97. The lowest BCUT2D eigenvalue weighted by Gasteiger charge is -2.14. The van der Waals surface area contributed by atoms with Crippen molar-refractivity contribution >= 4 is 11.6 Å². The van der Waals surface area contributed by atoms with Gasteiger partial charge in [-0.05, 0) is 29.8 Å². The standard InChI is InChI=1S/C21H24F3N3O3/c1-28-12-9-25-20(26-14-15-3-5-16(6-4-15)21(22,23)24)27-17-7-8-18-19(13-17)30-11-2-10-29-18/h3-8,13H,2,9-12,14H2,1H3,(H2,25,26,27). The van der Waals surface area contributed by atoms with Crippen LogP contribution in [0.1, 0.15) is 17.5 Å². The summed E-state index contributed by atoms with van der Waals surface area (Å²) in [5, 5.41) is 6.31. The van der Waals surface area contributed by atoms with Gasteiger partial charge in [-0.15, -0.1) is 0 Å². The molecule has 2 aromatic carbocycles. The van der Waals surface area contributed by atoms with E-state index in [1.54, 1.807) is 7.11 Å². The minimum Gasteiger partial charge on any atom is -0.490 e. The third-order valence-electron chi connectivity index (χ3n) is 4.31. The minimum absolute atomic E-state index is 0.213. The topological polar surface area (TPSA) is 64.1 Å². The van der Waals surface area contributed by atoms with E-state index in [0.717, 1.165) is 24.2 Å². The summed E-state index contributed by atoms with van der Waals surface area (Å²) in [6.45, 7) is 2.39. The third-order valence-corrected chi connectivity index (χ3v) is 4.31. The number of hydrogen-bond acceptors (Lipinski definition) is 4. The summed E-state index contributed by atoms with van der Waals surface area (Å²) in [6.07, 6.45) is -3.54. The number of fused-ring (bicyclic) bond motifs is 1. The van der Waals surface area contributed by atoms with E-state index < -0.39 is 11.7 Å². The van der Waals surface area contributed by atoms with Crippen molar-refractivity contribution < 1.29 is 27.4 Å². The fourth-order valence-electron chi connectivity index (χ4n) is 2.76. The van der Waals surface area contributed by atoms with E-state index in [-0.39, 0.29) is 6.54 Å². The van der Waals surface area contributed by atoms with Crippen LogP contribution in [0.25, 0.3) is 0 Å². The summed E-state index contributed by atoms with van der Waals surface area (Å²) < 4.78 is 54.5. The zero-order valence-electron chi connectivity index (χ0n) is 16.6. The quantitative estimate of drug-likeness (QED) is 0.417. The molecule has 0 aromatic heterocycles. The molecule has 1 heterocycles. The van der Waals surface area contributed by atoms with E-state index in [4.69, 9.17) is 14.2 Å². The van der Waals surface area contributed by atoms with Gasteiger partial charge in [-0.1, -0.05) is 12.1 Å². The number of guanidine groups is 1. The second kappa shape index (κ2) is 10.2. The van der Waals surface area contributed by atoms with Crippen LogP contribution in [0.4, 0.5) is 18.9 Å². The van der Waals surface area contributed by atoms with Gasteiger partial charge in [0.1, 0.15) is 0 Å². The van der Waals surface area contributed by atoms with Crippen molar-refractivity contribution in [2.45, 2.75) is 19.1 Å². The van der Waals surface area contributed by atoms with Crippen LogP contribution < -0.4 is 20.1 Å². The molecule has 0 saturated heterocycles. The van der Waals surface area contributed by atoms with Crippen molar-refractivity contribution in [3.05, 3.63) is 53.6 Å². The zero-order valence-corrected chi connectivity index (χ0v) is 16.6. The van der Waals surface area contributed by atoms with Gasteiger partial charge in [0.05, 0.1) is 31.9 Å². The summed E-state index contributed by atoms with van der Waals surface area (Å²) in [6, 6.07) is 10.5. The molecule has 0 fully saturated rings. The number of alkyl halides is 3. The molecule has 1 aliphatic heterocycles. The van der Waals surface area contributed by atoms with Crippen molar-refractivity contribution in [2.75, 3.05) is 38.8 Å². The van der Waals surface area contributed by atoms with Gasteiger partial charge in [0, 0.05) is 31.8 Å². The molecule has 0 bridgehead atoms. The molecule has 0 amide bonds. The van der Waals surface area contributed by atoms with E-state index in [1.807, 2.05) is 18.2 Å². The molecule has 3 rings (SSSR count). The average molecular weight is 423 g/mol. The summed E-state index contributed by atoms with van der Waals surface area (Å²) in [7, 11) is 1.60. The van der Waals surface area contributed by atoms with Gasteiger partial charge in [-0.3, -0.25) is 0 Å². The fourth-order valence-corrected chi connectivity index (χ4v) is 2.76. The number of nitrogens with one attached hydrogen (secondary N) is 2. The molecule has 0 radical (unpaired) electrons. The molecule has 162 valence electrons. The molecule has 9 heteroatoms. The van der Waals surface area contributed by atoms with Gasteiger partial charge in [-0.25, -0.2) is 4.99 Å². The first-order valence-corrected chi connectivity index (χ1v) is 9.56. The predicted octanol–water partition coefficient (Wildman–Crippen LogP) is 4.07. The molecule has 30 heavy (non-hydrogen) atoms.